The minimum Gasteiger partial charge on any atom is -0.497 e. The van der Waals surface area contributed by atoms with Gasteiger partial charge in [-0.3, -0.25) is 4.79 Å². The van der Waals surface area contributed by atoms with E-state index in [1.165, 1.54) is 4.90 Å². The third-order valence-corrected chi connectivity index (χ3v) is 4.75. The van der Waals surface area contributed by atoms with Crippen molar-refractivity contribution in [3.8, 4) is 5.75 Å². The van der Waals surface area contributed by atoms with Gasteiger partial charge in [-0.2, -0.15) is 0 Å². The van der Waals surface area contributed by atoms with Crippen LogP contribution < -0.4 is 15.4 Å². The Morgan fingerprint density at radius 2 is 2.22 bits per heavy atom. The SMILES string of the molecule is COc1ccc(CCNC(=NCC(=O)N(C)C)NCC2CCOC2)c(Cl)c1. The Balaban J connectivity index is 1.89. The third kappa shape index (κ3) is 7.27. The highest BCUT2D eigenvalue weighted by Gasteiger charge is 2.16. The van der Waals surface area contributed by atoms with Crippen molar-refractivity contribution in [2.45, 2.75) is 12.8 Å². The Labute approximate surface area is 166 Å². The summed E-state index contributed by atoms with van der Waals surface area (Å²) in [6.45, 7) is 3.09. The van der Waals surface area contributed by atoms with Crippen LogP contribution >= 0.6 is 11.6 Å². The molecule has 2 rings (SSSR count). The second-order valence-corrected chi connectivity index (χ2v) is 7.10. The number of carbonyl (C=O) groups excluding carboxylic acids is 1. The number of hydrogen-bond acceptors (Lipinski definition) is 4. The van der Waals surface area contributed by atoms with Crippen LogP contribution in [0.5, 0.6) is 5.75 Å². The average molecular weight is 397 g/mol. The highest BCUT2D eigenvalue weighted by atomic mass is 35.5. The highest BCUT2D eigenvalue weighted by molar-refractivity contribution is 6.31. The number of nitrogens with zero attached hydrogens (tertiary/aromatic N) is 2. The summed E-state index contributed by atoms with van der Waals surface area (Å²) in [5, 5.41) is 7.26. The number of ether oxygens (including phenoxy) is 2. The van der Waals surface area contributed by atoms with E-state index in [1.54, 1.807) is 27.3 Å². The van der Waals surface area contributed by atoms with Crippen molar-refractivity contribution in [1.29, 1.82) is 0 Å². The van der Waals surface area contributed by atoms with Crippen LogP contribution in [0.2, 0.25) is 5.02 Å². The number of benzene rings is 1. The standard InChI is InChI=1S/C19H29ClN4O3/c1-24(2)18(25)12-23-19(22-11-14-7-9-27-13-14)21-8-6-15-4-5-16(26-3)10-17(15)20/h4-5,10,14H,6-9,11-13H2,1-3H3,(H2,21,22,23). The first-order chi connectivity index (χ1) is 13.0. The van der Waals surface area contributed by atoms with Gasteiger partial charge < -0.3 is 25.0 Å². The van der Waals surface area contributed by atoms with Crippen LogP contribution in [0, 0.1) is 5.92 Å². The van der Waals surface area contributed by atoms with E-state index in [9.17, 15) is 4.79 Å². The summed E-state index contributed by atoms with van der Waals surface area (Å²) in [6.07, 6.45) is 1.77. The lowest BCUT2D eigenvalue weighted by atomic mass is 10.1. The van der Waals surface area contributed by atoms with E-state index in [1.807, 2.05) is 12.1 Å². The molecule has 1 fully saturated rings. The van der Waals surface area contributed by atoms with E-state index in [2.05, 4.69) is 15.6 Å². The molecule has 0 aliphatic carbocycles. The molecule has 1 heterocycles. The molecule has 1 aliphatic rings. The summed E-state index contributed by atoms with van der Waals surface area (Å²) in [6, 6.07) is 5.66. The molecular formula is C19H29ClN4O3. The van der Waals surface area contributed by atoms with Gasteiger partial charge in [0.1, 0.15) is 12.3 Å². The molecule has 0 bridgehead atoms. The highest BCUT2D eigenvalue weighted by Crippen LogP contribution is 2.22. The maximum absolute atomic E-state index is 11.8. The minimum atomic E-state index is -0.0431. The van der Waals surface area contributed by atoms with Crippen LogP contribution in [-0.4, -0.2) is 70.8 Å². The number of aliphatic imine (C=N–C) groups is 1. The number of amides is 1. The van der Waals surface area contributed by atoms with Gasteiger partial charge in [-0.15, -0.1) is 0 Å². The first-order valence-electron chi connectivity index (χ1n) is 9.12. The lowest BCUT2D eigenvalue weighted by Gasteiger charge is -2.16. The summed E-state index contributed by atoms with van der Waals surface area (Å²) in [5.41, 5.74) is 1.03. The van der Waals surface area contributed by atoms with E-state index in [4.69, 9.17) is 21.1 Å². The summed E-state index contributed by atoms with van der Waals surface area (Å²) in [7, 11) is 5.06. The van der Waals surface area contributed by atoms with Crippen LogP contribution in [0.4, 0.5) is 0 Å². The van der Waals surface area contributed by atoms with Crippen LogP contribution in [0.1, 0.15) is 12.0 Å². The molecular weight excluding hydrogens is 368 g/mol. The van der Waals surface area contributed by atoms with Gasteiger partial charge in [0.25, 0.3) is 0 Å². The van der Waals surface area contributed by atoms with Gasteiger partial charge in [-0.25, -0.2) is 4.99 Å². The van der Waals surface area contributed by atoms with Gasteiger partial charge in [-0.1, -0.05) is 17.7 Å². The molecule has 8 heteroatoms. The van der Waals surface area contributed by atoms with Crippen molar-refractivity contribution in [2.24, 2.45) is 10.9 Å². The molecule has 1 unspecified atom stereocenters. The van der Waals surface area contributed by atoms with Crippen molar-refractivity contribution in [2.75, 3.05) is 54.1 Å². The molecule has 1 aliphatic heterocycles. The molecule has 150 valence electrons. The van der Waals surface area contributed by atoms with E-state index in [-0.39, 0.29) is 12.5 Å². The fourth-order valence-electron chi connectivity index (χ4n) is 2.62. The van der Waals surface area contributed by atoms with Gasteiger partial charge in [0.05, 0.1) is 13.7 Å². The maximum atomic E-state index is 11.8. The van der Waals surface area contributed by atoms with Crippen molar-refractivity contribution in [3.63, 3.8) is 0 Å². The number of nitrogens with one attached hydrogen (secondary N) is 2. The van der Waals surface area contributed by atoms with Gasteiger partial charge in [0, 0.05) is 44.7 Å². The number of likely N-dealkylation sites (N-methyl/N-ethyl adjacent to an activating group) is 1. The Bertz CT molecular complexity index is 646. The molecule has 0 aromatic heterocycles. The summed E-state index contributed by atoms with van der Waals surface area (Å²) >= 11 is 6.29. The second-order valence-electron chi connectivity index (χ2n) is 6.70. The first kappa shape index (κ1) is 21.3. The number of rotatable bonds is 8. The summed E-state index contributed by atoms with van der Waals surface area (Å²) < 4.78 is 10.6. The van der Waals surface area contributed by atoms with E-state index in [0.717, 1.165) is 43.9 Å². The molecule has 7 nitrogen and oxygen atoms in total. The van der Waals surface area contributed by atoms with Gasteiger partial charge >= 0.3 is 0 Å². The Morgan fingerprint density at radius 1 is 1.41 bits per heavy atom. The molecule has 27 heavy (non-hydrogen) atoms. The monoisotopic (exact) mass is 396 g/mol. The number of methoxy groups -OCH3 is 1. The number of guanidine groups is 1. The zero-order valence-corrected chi connectivity index (χ0v) is 17.0. The molecule has 1 atom stereocenters. The van der Waals surface area contributed by atoms with Crippen molar-refractivity contribution in [3.05, 3.63) is 28.8 Å². The Morgan fingerprint density at radius 3 is 2.85 bits per heavy atom. The van der Waals surface area contributed by atoms with Gasteiger partial charge in [0.2, 0.25) is 5.91 Å². The normalized spacial score (nSPS) is 16.9. The fraction of sp³-hybridized carbons (Fsp3) is 0.579. The average Bonchev–Trinajstić information content (AvgIpc) is 3.17. The van der Waals surface area contributed by atoms with Crippen LogP contribution in [0.15, 0.2) is 23.2 Å². The second kappa shape index (κ2) is 11.0. The third-order valence-electron chi connectivity index (χ3n) is 4.40. The minimum absolute atomic E-state index is 0.0431. The number of carbonyl (C=O) groups is 1. The zero-order chi connectivity index (χ0) is 19.6. The van der Waals surface area contributed by atoms with E-state index >= 15 is 0 Å². The zero-order valence-electron chi connectivity index (χ0n) is 16.3. The number of halogens is 1. The quantitative estimate of drug-likeness (QED) is 0.515. The van der Waals surface area contributed by atoms with Gasteiger partial charge in [-0.05, 0) is 30.5 Å². The maximum Gasteiger partial charge on any atom is 0.243 e. The number of hydrogen-bond donors (Lipinski definition) is 2. The van der Waals surface area contributed by atoms with E-state index < -0.39 is 0 Å². The molecule has 2 N–H and O–H groups in total. The van der Waals surface area contributed by atoms with Crippen LogP contribution in [0.3, 0.4) is 0 Å². The molecule has 1 saturated heterocycles. The smallest absolute Gasteiger partial charge is 0.243 e. The predicted octanol–water partition coefficient (Wildman–Crippen LogP) is 1.55. The van der Waals surface area contributed by atoms with Gasteiger partial charge in [0.15, 0.2) is 5.96 Å². The molecule has 0 radical (unpaired) electrons. The summed E-state index contributed by atoms with van der Waals surface area (Å²) in [5.74, 6) is 1.79. The largest absolute Gasteiger partial charge is 0.497 e. The van der Waals surface area contributed by atoms with Crippen molar-refractivity contribution < 1.29 is 14.3 Å². The van der Waals surface area contributed by atoms with Crippen molar-refractivity contribution in [1.82, 2.24) is 15.5 Å². The molecule has 0 saturated carbocycles. The van der Waals surface area contributed by atoms with Crippen LogP contribution in [-0.2, 0) is 16.0 Å². The predicted molar refractivity (Wildman–Crippen MR) is 108 cm³/mol. The molecule has 1 amide bonds. The lowest BCUT2D eigenvalue weighted by molar-refractivity contribution is -0.127. The Kier molecular flexibility index (Phi) is 8.67. The van der Waals surface area contributed by atoms with Crippen molar-refractivity contribution >= 4 is 23.5 Å². The van der Waals surface area contributed by atoms with E-state index in [0.29, 0.717) is 23.4 Å². The molecule has 1 aromatic rings. The lowest BCUT2D eigenvalue weighted by Crippen LogP contribution is -2.41. The van der Waals surface area contributed by atoms with Crippen LogP contribution in [0.25, 0.3) is 0 Å². The molecule has 1 aromatic carbocycles. The Hall–Kier alpha value is -1.99. The summed E-state index contributed by atoms with van der Waals surface area (Å²) in [4.78, 5) is 17.7. The first-order valence-corrected chi connectivity index (χ1v) is 9.50. The fourth-order valence-corrected chi connectivity index (χ4v) is 2.89. The molecule has 0 spiro atoms. The topological polar surface area (TPSA) is 75.2 Å².